The van der Waals surface area contributed by atoms with E-state index in [1.807, 2.05) is 0 Å². The number of ether oxygens (including phenoxy) is 1. The second-order valence-corrected chi connectivity index (χ2v) is 8.12. The number of benzene rings is 2. The number of nitrogens with zero attached hydrogens (tertiary/aromatic N) is 1. The predicted octanol–water partition coefficient (Wildman–Crippen LogP) is 5.55. The van der Waals surface area contributed by atoms with E-state index in [2.05, 4.69) is 15.6 Å². The molecule has 3 aromatic rings. The molecule has 33 heavy (non-hydrogen) atoms. The van der Waals surface area contributed by atoms with E-state index in [1.165, 1.54) is 12.1 Å². The lowest BCUT2D eigenvalue weighted by Gasteiger charge is -2.31. The first-order valence-electron chi connectivity index (χ1n) is 10.6. The molecule has 2 atom stereocenters. The molecule has 1 aliphatic carbocycles. The summed E-state index contributed by atoms with van der Waals surface area (Å²) < 4.78 is 58.8. The number of pyridine rings is 1. The summed E-state index contributed by atoms with van der Waals surface area (Å²) in [6.07, 6.45) is -1.79. The number of nitrogens with one attached hydrogen (secondary N) is 2. The Balaban J connectivity index is 1.50. The molecule has 0 unspecified atom stereocenters. The zero-order chi connectivity index (χ0) is 23.6. The molecule has 2 aromatic carbocycles. The molecule has 1 aliphatic rings. The number of carbonyl (C=O) groups is 1. The molecule has 9 heteroatoms. The van der Waals surface area contributed by atoms with E-state index in [-0.39, 0.29) is 29.2 Å². The van der Waals surface area contributed by atoms with Crippen molar-refractivity contribution in [2.24, 2.45) is 0 Å². The Morgan fingerprint density at radius 1 is 1.06 bits per heavy atom. The number of amides is 1. The number of anilines is 1. The highest BCUT2D eigenvalue weighted by Gasteiger charge is 2.34. The number of hydrogen-bond donors (Lipinski definition) is 2. The molecule has 4 rings (SSSR count). The fourth-order valence-corrected chi connectivity index (χ4v) is 4.15. The summed E-state index contributed by atoms with van der Waals surface area (Å²) in [4.78, 5) is 16.2. The van der Waals surface area contributed by atoms with Crippen LogP contribution in [0, 0.1) is 5.82 Å². The first-order chi connectivity index (χ1) is 15.7. The monoisotopic (exact) mass is 461 g/mol. The highest BCUT2D eigenvalue weighted by molar-refractivity contribution is 5.94. The van der Waals surface area contributed by atoms with Crippen LogP contribution in [0.3, 0.4) is 0 Å². The first kappa shape index (κ1) is 22.8. The average Bonchev–Trinajstić information content (AvgIpc) is 2.78. The van der Waals surface area contributed by atoms with E-state index in [4.69, 9.17) is 4.74 Å². The van der Waals surface area contributed by atoms with E-state index in [1.54, 1.807) is 31.4 Å². The van der Waals surface area contributed by atoms with Gasteiger partial charge < -0.3 is 15.4 Å². The number of fused-ring (bicyclic) bond motifs is 1. The zero-order valence-electron chi connectivity index (χ0n) is 17.9. The zero-order valence-corrected chi connectivity index (χ0v) is 17.9. The molecule has 0 saturated heterocycles. The van der Waals surface area contributed by atoms with Crippen molar-refractivity contribution < 1.29 is 27.1 Å². The Bertz CT molecular complexity index is 1150. The van der Waals surface area contributed by atoms with Crippen molar-refractivity contribution in [3.05, 3.63) is 65.6 Å². The lowest BCUT2D eigenvalue weighted by molar-refractivity contribution is -0.140. The van der Waals surface area contributed by atoms with Gasteiger partial charge in [0.2, 0.25) is 0 Å². The maximum Gasteiger partial charge on any atom is 0.433 e. The summed E-state index contributed by atoms with van der Waals surface area (Å²) in [6, 6.07) is 11.0. The van der Waals surface area contributed by atoms with Crippen LogP contribution in [-0.2, 0) is 6.18 Å². The molecule has 0 aliphatic heterocycles. The van der Waals surface area contributed by atoms with Crippen LogP contribution in [0.25, 0.3) is 10.9 Å². The Kier molecular flexibility index (Phi) is 6.40. The topological polar surface area (TPSA) is 63.2 Å². The van der Waals surface area contributed by atoms with Crippen molar-refractivity contribution in [3.63, 3.8) is 0 Å². The molecule has 0 bridgehead atoms. The minimum atomic E-state index is -4.65. The van der Waals surface area contributed by atoms with E-state index < -0.39 is 17.7 Å². The maximum atomic E-state index is 13.6. The second-order valence-electron chi connectivity index (χ2n) is 8.12. The molecule has 1 aromatic heterocycles. The minimum absolute atomic E-state index is 0.0625. The Hall–Kier alpha value is -3.36. The molecule has 1 fully saturated rings. The van der Waals surface area contributed by atoms with Gasteiger partial charge in [0.25, 0.3) is 5.91 Å². The fourth-order valence-electron chi connectivity index (χ4n) is 4.15. The van der Waals surface area contributed by atoms with Crippen molar-refractivity contribution in [1.82, 2.24) is 10.3 Å². The lowest BCUT2D eigenvalue weighted by atomic mass is 9.90. The van der Waals surface area contributed by atoms with Crippen molar-refractivity contribution in [1.29, 1.82) is 0 Å². The Morgan fingerprint density at radius 2 is 1.79 bits per heavy atom. The molecule has 1 heterocycles. The number of halogens is 4. The number of aromatic nitrogens is 1. The summed E-state index contributed by atoms with van der Waals surface area (Å²) >= 11 is 0. The summed E-state index contributed by atoms with van der Waals surface area (Å²) in [5.41, 5.74) is -0.391. The predicted molar refractivity (Wildman–Crippen MR) is 117 cm³/mol. The van der Waals surface area contributed by atoms with Gasteiger partial charge >= 0.3 is 6.18 Å². The average molecular weight is 461 g/mol. The molecule has 5 nitrogen and oxygen atoms in total. The summed E-state index contributed by atoms with van der Waals surface area (Å²) in [5, 5.41) is 6.60. The normalized spacial score (nSPS) is 18.7. The highest BCUT2D eigenvalue weighted by atomic mass is 19.4. The van der Waals surface area contributed by atoms with Crippen LogP contribution in [0.4, 0.5) is 23.2 Å². The molecule has 2 N–H and O–H groups in total. The number of rotatable bonds is 5. The van der Waals surface area contributed by atoms with Gasteiger partial charge in [0.1, 0.15) is 17.3 Å². The Labute approximate surface area is 188 Å². The quantitative estimate of drug-likeness (QED) is 0.489. The van der Waals surface area contributed by atoms with Gasteiger partial charge in [0.05, 0.1) is 12.6 Å². The largest absolute Gasteiger partial charge is 0.497 e. The SMILES string of the molecule is COc1ccc(C(=O)N[C@@H]2CCC[C@H](Nc3cc(C(F)(F)F)nc4cc(F)ccc34)C2)cc1. The molecular formula is C24H23F4N3O2. The van der Waals surface area contributed by atoms with Crippen molar-refractivity contribution in [2.45, 2.75) is 43.9 Å². The standard InChI is InChI=1S/C24H23F4N3O2/c1-33-18-8-5-14(6-9-18)23(32)30-17-4-2-3-16(12-17)29-21-13-22(24(26,27)28)31-20-11-15(25)7-10-19(20)21/h5-11,13,16-17H,2-4,12H2,1H3,(H,29,31)(H,30,32)/t16-,17+/m0/s1. The summed E-state index contributed by atoms with van der Waals surface area (Å²) in [6.45, 7) is 0. The van der Waals surface area contributed by atoms with Crippen molar-refractivity contribution in [2.75, 3.05) is 12.4 Å². The van der Waals surface area contributed by atoms with Crippen LogP contribution in [0.15, 0.2) is 48.5 Å². The molecule has 0 spiro atoms. The fraction of sp³-hybridized carbons (Fsp3) is 0.333. The van der Waals surface area contributed by atoms with Crippen LogP contribution in [0.2, 0.25) is 0 Å². The van der Waals surface area contributed by atoms with Crippen LogP contribution >= 0.6 is 0 Å². The lowest BCUT2D eigenvalue weighted by Crippen LogP contribution is -2.41. The molecule has 174 valence electrons. The van der Waals surface area contributed by atoms with Gasteiger partial charge in [0.15, 0.2) is 0 Å². The number of methoxy groups -OCH3 is 1. The van der Waals surface area contributed by atoms with Gasteiger partial charge in [0, 0.05) is 34.8 Å². The van der Waals surface area contributed by atoms with Crippen LogP contribution < -0.4 is 15.4 Å². The molecule has 1 saturated carbocycles. The Morgan fingerprint density at radius 3 is 2.48 bits per heavy atom. The first-order valence-corrected chi connectivity index (χ1v) is 10.6. The smallest absolute Gasteiger partial charge is 0.433 e. The van der Waals surface area contributed by atoms with Crippen LogP contribution in [0.1, 0.15) is 41.7 Å². The van der Waals surface area contributed by atoms with Crippen molar-refractivity contribution >= 4 is 22.5 Å². The van der Waals surface area contributed by atoms with Gasteiger partial charge in [-0.3, -0.25) is 4.79 Å². The number of hydrogen-bond acceptors (Lipinski definition) is 4. The van der Waals surface area contributed by atoms with Gasteiger partial charge in [-0.1, -0.05) is 0 Å². The second kappa shape index (κ2) is 9.25. The maximum absolute atomic E-state index is 13.6. The van der Waals surface area contributed by atoms with E-state index in [0.717, 1.165) is 31.4 Å². The third-order valence-corrected chi connectivity index (χ3v) is 5.78. The molecule has 0 radical (unpaired) electrons. The van der Waals surface area contributed by atoms with Crippen LogP contribution in [0.5, 0.6) is 5.75 Å². The molecule has 1 amide bonds. The molecular weight excluding hydrogens is 438 g/mol. The van der Waals surface area contributed by atoms with Gasteiger partial charge in [-0.15, -0.1) is 0 Å². The third kappa shape index (κ3) is 5.35. The van der Waals surface area contributed by atoms with E-state index in [9.17, 15) is 22.4 Å². The van der Waals surface area contributed by atoms with Crippen molar-refractivity contribution in [3.8, 4) is 5.75 Å². The van der Waals surface area contributed by atoms with Gasteiger partial charge in [-0.25, -0.2) is 9.37 Å². The van der Waals surface area contributed by atoms with Crippen LogP contribution in [-0.4, -0.2) is 30.1 Å². The van der Waals surface area contributed by atoms with E-state index in [0.29, 0.717) is 23.1 Å². The summed E-state index contributed by atoms with van der Waals surface area (Å²) in [5.74, 6) is -0.220. The highest BCUT2D eigenvalue weighted by Crippen LogP contribution is 2.34. The minimum Gasteiger partial charge on any atom is -0.497 e. The van der Waals surface area contributed by atoms with Gasteiger partial charge in [-0.2, -0.15) is 13.2 Å². The number of alkyl halides is 3. The van der Waals surface area contributed by atoms with E-state index >= 15 is 0 Å². The number of carbonyl (C=O) groups excluding carboxylic acids is 1. The summed E-state index contributed by atoms with van der Waals surface area (Å²) in [7, 11) is 1.55. The van der Waals surface area contributed by atoms with Gasteiger partial charge in [-0.05, 0) is 68.1 Å². The third-order valence-electron chi connectivity index (χ3n) is 5.78.